The highest BCUT2D eigenvalue weighted by atomic mass is 19.1. The van der Waals surface area contributed by atoms with Gasteiger partial charge in [-0.1, -0.05) is 0 Å². The van der Waals surface area contributed by atoms with Gasteiger partial charge in [0.2, 0.25) is 0 Å². The number of hydrogen-bond acceptors (Lipinski definition) is 4. The maximum atomic E-state index is 13.6. The lowest BCUT2D eigenvalue weighted by molar-refractivity contribution is -0.138. The predicted octanol–water partition coefficient (Wildman–Crippen LogP) is 1.86. The van der Waals surface area contributed by atoms with Crippen molar-refractivity contribution in [3.05, 3.63) is 23.3 Å². The minimum atomic E-state index is -1.31. The summed E-state index contributed by atoms with van der Waals surface area (Å²) in [7, 11) is 2.81. The SMILES string of the molecule is COc1cc(C(CN)C(=O)O)cc(C(C)F)c1OC. The second-order valence-electron chi connectivity index (χ2n) is 4.09. The number of carbonyl (C=O) groups is 1. The second-order valence-corrected chi connectivity index (χ2v) is 4.09. The van der Waals surface area contributed by atoms with Crippen LogP contribution in [0.4, 0.5) is 4.39 Å². The average molecular weight is 271 g/mol. The Bertz CT molecular complexity index is 462. The number of halogens is 1. The molecule has 0 aromatic heterocycles. The number of carboxylic acids is 1. The zero-order valence-electron chi connectivity index (χ0n) is 11.1. The molecule has 0 aliphatic carbocycles. The van der Waals surface area contributed by atoms with Crippen LogP contribution in [0, 0.1) is 0 Å². The minimum absolute atomic E-state index is 0.0784. The molecular weight excluding hydrogens is 253 g/mol. The summed E-state index contributed by atoms with van der Waals surface area (Å²) in [6.07, 6.45) is -1.31. The molecule has 2 atom stereocenters. The number of nitrogens with two attached hydrogens (primary N) is 1. The average Bonchev–Trinajstić information content (AvgIpc) is 2.37. The van der Waals surface area contributed by atoms with E-state index < -0.39 is 18.1 Å². The number of carboxylic acid groups (broad SMARTS) is 1. The van der Waals surface area contributed by atoms with E-state index in [1.165, 1.54) is 33.3 Å². The Balaban J connectivity index is 3.43. The lowest BCUT2D eigenvalue weighted by Gasteiger charge is -2.18. The van der Waals surface area contributed by atoms with Gasteiger partial charge >= 0.3 is 5.97 Å². The van der Waals surface area contributed by atoms with Crippen LogP contribution < -0.4 is 15.2 Å². The van der Waals surface area contributed by atoms with Gasteiger partial charge in [0.1, 0.15) is 6.17 Å². The first-order valence-electron chi connectivity index (χ1n) is 5.79. The van der Waals surface area contributed by atoms with Crippen molar-refractivity contribution in [2.75, 3.05) is 20.8 Å². The molecule has 1 aromatic rings. The topological polar surface area (TPSA) is 81.8 Å². The molecule has 2 unspecified atom stereocenters. The van der Waals surface area contributed by atoms with Gasteiger partial charge in [0.15, 0.2) is 11.5 Å². The fourth-order valence-electron chi connectivity index (χ4n) is 1.89. The predicted molar refractivity (Wildman–Crippen MR) is 68.5 cm³/mol. The van der Waals surface area contributed by atoms with Gasteiger partial charge < -0.3 is 20.3 Å². The van der Waals surface area contributed by atoms with E-state index in [0.717, 1.165) is 0 Å². The molecule has 0 spiro atoms. The molecule has 6 heteroatoms. The molecule has 0 fully saturated rings. The third kappa shape index (κ3) is 3.14. The first kappa shape index (κ1) is 15.2. The first-order chi connectivity index (χ1) is 8.96. The number of aliphatic carboxylic acids is 1. The van der Waals surface area contributed by atoms with Crippen LogP contribution in [0.25, 0.3) is 0 Å². The Morgan fingerprint density at radius 3 is 2.42 bits per heavy atom. The van der Waals surface area contributed by atoms with E-state index in [1.54, 1.807) is 0 Å². The molecular formula is C13H18FNO4. The van der Waals surface area contributed by atoms with Crippen LogP contribution >= 0.6 is 0 Å². The lowest BCUT2D eigenvalue weighted by Crippen LogP contribution is -2.21. The molecule has 0 saturated heterocycles. The zero-order chi connectivity index (χ0) is 14.6. The Hall–Kier alpha value is -1.82. The summed E-state index contributed by atoms with van der Waals surface area (Å²) >= 11 is 0. The molecule has 0 heterocycles. The van der Waals surface area contributed by atoms with E-state index in [-0.39, 0.29) is 17.9 Å². The van der Waals surface area contributed by atoms with Crippen molar-refractivity contribution in [1.82, 2.24) is 0 Å². The van der Waals surface area contributed by atoms with Gasteiger partial charge in [-0.2, -0.15) is 0 Å². The van der Waals surface area contributed by atoms with Crippen molar-refractivity contribution in [3.8, 4) is 11.5 Å². The van der Waals surface area contributed by atoms with Gasteiger partial charge in [-0.15, -0.1) is 0 Å². The summed E-state index contributed by atoms with van der Waals surface area (Å²) in [5.74, 6) is -1.41. The summed E-state index contributed by atoms with van der Waals surface area (Å²) in [6, 6.07) is 2.97. The summed E-state index contributed by atoms with van der Waals surface area (Å²) < 4.78 is 23.9. The maximum Gasteiger partial charge on any atom is 0.312 e. The zero-order valence-corrected chi connectivity index (χ0v) is 11.1. The largest absolute Gasteiger partial charge is 0.493 e. The van der Waals surface area contributed by atoms with Crippen molar-refractivity contribution in [1.29, 1.82) is 0 Å². The molecule has 1 rings (SSSR count). The minimum Gasteiger partial charge on any atom is -0.493 e. The number of benzene rings is 1. The van der Waals surface area contributed by atoms with Crippen molar-refractivity contribution in [2.45, 2.75) is 19.0 Å². The van der Waals surface area contributed by atoms with Gasteiger partial charge in [-0.25, -0.2) is 4.39 Å². The normalized spacial score (nSPS) is 13.7. The molecule has 106 valence electrons. The number of hydrogen-bond donors (Lipinski definition) is 2. The Morgan fingerprint density at radius 2 is 2.05 bits per heavy atom. The van der Waals surface area contributed by atoms with Crippen LogP contribution in [0.15, 0.2) is 12.1 Å². The van der Waals surface area contributed by atoms with Crippen LogP contribution in [-0.2, 0) is 4.79 Å². The van der Waals surface area contributed by atoms with E-state index in [9.17, 15) is 9.18 Å². The third-order valence-electron chi connectivity index (χ3n) is 2.89. The maximum absolute atomic E-state index is 13.6. The number of methoxy groups -OCH3 is 2. The Kier molecular flexibility index (Phi) is 5.11. The van der Waals surface area contributed by atoms with E-state index >= 15 is 0 Å². The number of alkyl halides is 1. The van der Waals surface area contributed by atoms with E-state index in [1.807, 2.05) is 0 Å². The molecule has 3 N–H and O–H groups in total. The Labute approximate surface area is 111 Å². The summed E-state index contributed by atoms with van der Waals surface area (Å²) in [5, 5.41) is 9.10. The first-order valence-corrected chi connectivity index (χ1v) is 5.79. The molecule has 0 aliphatic heterocycles. The van der Waals surface area contributed by atoms with Gasteiger partial charge in [0, 0.05) is 12.1 Å². The monoisotopic (exact) mass is 271 g/mol. The molecule has 0 amide bonds. The second kappa shape index (κ2) is 6.38. The number of ether oxygens (including phenoxy) is 2. The smallest absolute Gasteiger partial charge is 0.312 e. The van der Waals surface area contributed by atoms with Crippen LogP contribution in [-0.4, -0.2) is 31.8 Å². The number of rotatable bonds is 6. The highest BCUT2D eigenvalue weighted by Crippen LogP contribution is 2.39. The van der Waals surface area contributed by atoms with Gasteiger partial charge in [0.05, 0.1) is 20.1 Å². The fraction of sp³-hybridized carbons (Fsp3) is 0.462. The van der Waals surface area contributed by atoms with Crippen molar-refractivity contribution in [2.24, 2.45) is 5.73 Å². The highest BCUT2D eigenvalue weighted by molar-refractivity contribution is 5.77. The summed E-state index contributed by atoms with van der Waals surface area (Å²) in [6.45, 7) is 1.27. The summed E-state index contributed by atoms with van der Waals surface area (Å²) in [5.41, 5.74) is 6.09. The molecule has 0 radical (unpaired) electrons. The molecule has 0 saturated carbocycles. The van der Waals surface area contributed by atoms with E-state index in [4.69, 9.17) is 20.3 Å². The van der Waals surface area contributed by atoms with E-state index in [2.05, 4.69) is 0 Å². The molecule has 0 aliphatic rings. The quantitative estimate of drug-likeness (QED) is 0.825. The molecule has 19 heavy (non-hydrogen) atoms. The van der Waals surface area contributed by atoms with Crippen LogP contribution in [0.3, 0.4) is 0 Å². The van der Waals surface area contributed by atoms with Crippen LogP contribution in [0.1, 0.15) is 30.1 Å². The molecule has 5 nitrogen and oxygen atoms in total. The van der Waals surface area contributed by atoms with Gasteiger partial charge in [-0.05, 0) is 24.6 Å². The molecule has 1 aromatic carbocycles. The third-order valence-corrected chi connectivity index (χ3v) is 2.89. The summed E-state index contributed by atoms with van der Waals surface area (Å²) in [4.78, 5) is 11.1. The molecule has 0 bridgehead atoms. The fourth-order valence-corrected chi connectivity index (χ4v) is 1.89. The highest BCUT2D eigenvalue weighted by Gasteiger charge is 2.24. The lowest BCUT2D eigenvalue weighted by atomic mass is 9.95. The Morgan fingerprint density at radius 1 is 1.42 bits per heavy atom. The van der Waals surface area contributed by atoms with Gasteiger partial charge in [-0.3, -0.25) is 4.79 Å². The van der Waals surface area contributed by atoms with E-state index in [0.29, 0.717) is 11.3 Å². The van der Waals surface area contributed by atoms with Crippen LogP contribution in [0.2, 0.25) is 0 Å². The van der Waals surface area contributed by atoms with Gasteiger partial charge in [0.25, 0.3) is 0 Å². The van der Waals surface area contributed by atoms with Crippen molar-refractivity contribution < 1.29 is 23.8 Å². The van der Waals surface area contributed by atoms with Crippen molar-refractivity contribution in [3.63, 3.8) is 0 Å². The van der Waals surface area contributed by atoms with Crippen LogP contribution in [0.5, 0.6) is 11.5 Å². The standard InChI is InChI=1S/C13H18FNO4/c1-7(14)9-4-8(10(6-15)13(16)17)5-11(18-2)12(9)19-3/h4-5,7,10H,6,15H2,1-3H3,(H,16,17). The van der Waals surface area contributed by atoms with Crippen molar-refractivity contribution >= 4 is 5.97 Å².